The van der Waals surface area contributed by atoms with Crippen molar-refractivity contribution >= 4 is 11.8 Å². The molecular weight excluding hydrogens is 332 g/mol. The SMILES string of the molecule is CC1NC(=O)CC(C(=O)N[C@@H](c2ccc(OC(F)F)cc2)C2CC2)N1. The van der Waals surface area contributed by atoms with Crippen LogP contribution in [0.5, 0.6) is 5.75 Å². The first kappa shape index (κ1) is 17.6. The minimum atomic E-state index is -2.87. The maximum Gasteiger partial charge on any atom is 0.387 e. The Morgan fingerprint density at radius 1 is 1.28 bits per heavy atom. The number of rotatable bonds is 6. The van der Waals surface area contributed by atoms with Crippen LogP contribution in [0.2, 0.25) is 0 Å². The summed E-state index contributed by atoms with van der Waals surface area (Å²) in [5, 5.41) is 8.74. The van der Waals surface area contributed by atoms with E-state index in [0.717, 1.165) is 18.4 Å². The topological polar surface area (TPSA) is 79.5 Å². The second-order valence-corrected chi connectivity index (χ2v) is 6.48. The normalized spacial score (nSPS) is 24.6. The Hall–Kier alpha value is -2.22. The summed E-state index contributed by atoms with van der Waals surface area (Å²) in [6.07, 6.45) is 1.82. The quantitative estimate of drug-likeness (QED) is 0.727. The van der Waals surface area contributed by atoms with Crippen molar-refractivity contribution in [3.63, 3.8) is 0 Å². The van der Waals surface area contributed by atoms with Crippen molar-refractivity contribution in [2.45, 2.75) is 51.0 Å². The Balaban J connectivity index is 1.67. The number of halogens is 2. The number of hydrogen-bond donors (Lipinski definition) is 3. The summed E-state index contributed by atoms with van der Waals surface area (Å²) in [4.78, 5) is 24.1. The molecule has 1 heterocycles. The largest absolute Gasteiger partial charge is 0.435 e. The Bertz CT molecular complexity index is 635. The molecule has 25 heavy (non-hydrogen) atoms. The predicted molar refractivity (Wildman–Crippen MR) is 85.8 cm³/mol. The first-order valence-electron chi connectivity index (χ1n) is 8.33. The minimum absolute atomic E-state index is 0.0825. The van der Waals surface area contributed by atoms with Crippen LogP contribution in [0.4, 0.5) is 8.78 Å². The molecule has 1 aliphatic carbocycles. The van der Waals surface area contributed by atoms with Crippen LogP contribution in [0.3, 0.4) is 0 Å². The molecule has 2 amide bonds. The fraction of sp³-hybridized carbons (Fsp3) is 0.529. The van der Waals surface area contributed by atoms with Crippen molar-refractivity contribution < 1.29 is 23.1 Å². The van der Waals surface area contributed by atoms with E-state index in [-0.39, 0.29) is 36.2 Å². The number of benzene rings is 1. The zero-order valence-corrected chi connectivity index (χ0v) is 13.8. The smallest absolute Gasteiger partial charge is 0.387 e. The van der Waals surface area contributed by atoms with E-state index in [1.807, 2.05) is 0 Å². The first-order valence-corrected chi connectivity index (χ1v) is 8.33. The first-order chi connectivity index (χ1) is 11.9. The number of amides is 2. The summed E-state index contributed by atoms with van der Waals surface area (Å²) in [5.74, 6) is 0.00843. The van der Waals surface area contributed by atoms with Crippen molar-refractivity contribution in [3.8, 4) is 5.75 Å². The van der Waals surface area contributed by atoms with Gasteiger partial charge in [0.05, 0.1) is 24.7 Å². The highest BCUT2D eigenvalue weighted by atomic mass is 19.3. The van der Waals surface area contributed by atoms with Gasteiger partial charge in [-0.25, -0.2) is 0 Å². The Morgan fingerprint density at radius 2 is 1.96 bits per heavy atom. The summed E-state index contributed by atoms with van der Waals surface area (Å²) in [6, 6.07) is 5.53. The van der Waals surface area contributed by atoms with E-state index in [1.54, 1.807) is 19.1 Å². The highest BCUT2D eigenvalue weighted by molar-refractivity contribution is 5.89. The molecule has 1 aliphatic heterocycles. The van der Waals surface area contributed by atoms with Crippen molar-refractivity contribution in [1.29, 1.82) is 0 Å². The van der Waals surface area contributed by atoms with Gasteiger partial charge >= 0.3 is 6.61 Å². The van der Waals surface area contributed by atoms with Gasteiger partial charge in [-0.3, -0.25) is 14.9 Å². The predicted octanol–water partition coefficient (Wildman–Crippen LogP) is 1.68. The van der Waals surface area contributed by atoms with Gasteiger partial charge in [-0.1, -0.05) is 12.1 Å². The summed E-state index contributed by atoms with van der Waals surface area (Å²) in [6.45, 7) is -1.09. The third-order valence-corrected chi connectivity index (χ3v) is 4.39. The molecule has 1 saturated heterocycles. The molecule has 0 radical (unpaired) electrons. The average Bonchev–Trinajstić information content (AvgIpc) is 3.36. The van der Waals surface area contributed by atoms with Crippen LogP contribution in [0, 0.1) is 5.92 Å². The Morgan fingerprint density at radius 3 is 2.52 bits per heavy atom. The third kappa shape index (κ3) is 4.66. The van der Waals surface area contributed by atoms with Crippen LogP contribution in [0.25, 0.3) is 0 Å². The summed E-state index contributed by atoms with van der Waals surface area (Å²) in [7, 11) is 0. The van der Waals surface area contributed by atoms with Crippen molar-refractivity contribution in [3.05, 3.63) is 29.8 Å². The van der Waals surface area contributed by atoms with Gasteiger partial charge in [0.1, 0.15) is 5.75 Å². The number of carbonyl (C=O) groups is 2. The van der Waals surface area contributed by atoms with Crippen LogP contribution in [-0.4, -0.2) is 30.6 Å². The molecule has 1 aromatic carbocycles. The van der Waals surface area contributed by atoms with Crippen LogP contribution in [0.15, 0.2) is 24.3 Å². The fourth-order valence-corrected chi connectivity index (χ4v) is 3.07. The lowest BCUT2D eigenvalue weighted by molar-refractivity contribution is -0.132. The van der Waals surface area contributed by atoms with Crippen LogP contribution >= 0.6 is 0 Å². The molecule has 6 nitrogen and oxygen atoms in total. The molecule has 1 saturated carbocycles. The maximum absolute atomic E-state index is 12.5. The molecule has 2 aliphatic rings. The van der Waals surface area contributed by atoms with Crippen molar-refractivity contribution in [2.75, 3.05) is 0 Å². The van der Waals surface area contributed by atoms with Crippen LogP contribution in [-0.2, 0) is 9.59 Å². The van der Waals surface area contributed by atoms with Crippen molar-refractivity contribution in [2.24, 2.45) is 5.92 Å². The molecule has 2 fully saturated rings. The number of nitrogens with one attached hydrogen (secondary N) is 3. The van der Waals surface area contributed by atoms with E-state index in [2.05, 4.69) is 20.7 Å². The second-order valence-electron chi connectivity index (χ2n) is 6.48. The number of hydrogen-bond acceptors (Lipinski definition) is 4. The van der Waals surface area contributed by atoms with Gasteiger partial charge in [-0.15, -0.1) is 0 Å². The summed E-state index contributed by atoms with van der Waals surface area (Å²) >= 11 is 0. The molecule has 3 atom stereocenters. The zero-order chi connectivity index (χ0) is 18.0. The summed E-state index contributed by atoms with van der Waals surface area (Å²) in [5.41, 5.74) is 0.839. The zero-order valence-electron chi connectivity index (χ0n) is 13.8. The van der Waals surface area contributed by atoms with Crippen molar-refractivity contribution in [1.82, 2.24) is 16.0 Å². The Labute approximate surface area is 144 Å². The molecule has 0 spiro atoms. The van der Waals surface area contributed by atoms with E-state index in [1.165, 1.54) is 12.1 Å². The molecule has 3 N–H and O–H groups in total. The Kier molecular flexibility index (Phi) is 5.17. The van der Waals surface area contributed by atoms with E-state index < -0.39 is 12.7 Å². The highest BCUT2D eigenvalue weighted by Gasteiger charge is 2.36. The maximum atomic E-state index is 12.5. The third-order valence-electron chi connectivity index (χ3n) is 4.39. The lowest BCUT2D eigenvalue weighted by Gasteiger charge is -2.30. The standard InChI is InChI=1S/C17H21F2N3O3/c1-9-20-13(8-14(23)21-9)16(24)22-15(10-2-3-10)11-4-6-12(7-5-11)25-17(18)19/h4-7,9-10,13,15,17,20H,2-3,8H2,1H3,(H,21,23)(H,22,24)/t9?,13?,15-/m1/s1. The number of alkyl halides is 2. The van der Waals surface area contributed by atoms with Gasteiger partial charge in [-0.05, 0) is 43.4 Å². The van der Waals surface area contributed by atoms with E-state index in [4.69, 9.17) is 0 Å². The van der Waals surface area contributed by atoms with E-state index in [0.29, 0.717) is 5.92 Å². The van der Waals surface area contributed by atoms with E-state index in [9.17, 15) is 18.4 Å². The molecular formula is C17H21F2N3O3. The van der Waals surface area contributed by atoms with Gasteiger partial charge in [0.25, 0.3) is 0 Å². The lowest BCUT2D eigenvalue weighted by Crippen LogP contribution is -2.59. The molecule has 1 aromatic rings. The van der Waals surface area contributed by atoms with E-state index >= 15 is 0 Å². The van der Waals surface area contributed by atoms with Crippen LogP contribution < -0.4 is 20.7 Å². The average molecular weight is 353 g/mol. The van der Waals surface area contributed by atoms with Gasteiger partial charge < -0.3 is 15.4 Å². The number of ether oxygens (including phenoxy) is 1. The number of carbonyl (C=O) groups excluding carboxylic acids is 2. The fourth-order valence-electron chi connectivity index (χ4n) is 3.07. The molecule has 3 rings (SSSR count). The molecule has 0 aromatic heterocycles. The van der Waals surface area contributed by atoms with Gasteiger partial charge in [0, 0.05) is 0 Å². The van der Waals surface area contributed by atoms with Gasteiger partial charge in [0.2, 0.25) is 11.8 Å². The van der Waals surface area contributed by atoms with Gasteiger partial charge in [0.15, 0.2) is 0 Å². The highest BCUT2D eigenvalue weighted by Crippen LogP contribution is 2.41. The van der Waals surface area contributed by atoms with Gasteiger partial charge in [-0.2, -0.15) is 8.78 Å². The molecule has 2 unspecified atom stereocenters. The lowest BCUT2D eigenvalue weighted by atomic mass is 10.0. The minimum Gasteiger partial charge on any atom is -0.435 e. The molecule has 136 valence electrons. The summed E-state index contributed by atoms with van der Waals surface area (Å²) < 4.78 is 28.8. The molecule has 0 bridgehead atoms. The van der Waals surface area contributed by atoms with Crippen LogP contribution in [0.1, 0.15) is 37.8 Å². The second kappa shape index (κ2) is 7.35. The molecule has 8 heteroatoms. The monoisotopic (exact) mass is 353 g/mol.